The molecule has 2 aromatic rings. The lowest BCUT2D eigenvalue weighted by Crippen LogP contribution is -2.00. The highest BCUT2D eigenvalue weighted by Crippen LogP contribution is 2.20. The fourth-order valence-corrected chi connectivity index (χ4v) is 1.57. The fourth-order valence-electron chi connectivity index (χ4n) is 1.57. The van der Waals surface area contributed by atoms with Gasteiger partial charge in [0.15, 0.2) is 0 Å². The van der Waals surface area contributed by atoms with Crippen LogP contribution in [0.4, 0.5) is 4.39 Å². The molecule has 0 spiro atoms. The molecule has 0 heterocycles. The number of ether oxygens (including phenoxy) is 1. The molecule has 0 aliphatic heterocycles. The lowest BCUT2D eigenvalue weighted by molar-refractivity contribution is 0.401. The highest BCUT2D eigenvalue weighted by Gasteiger charge is 2.02. The van der Waals surface area contributed by atoms with Gasteiger partial charge in [0.1, 0.15) is 5.82 Å². The van der Waals surface area contributed by atoms with Gasteiger partial charge in [-0.05, 0) is 35.4 Å². The van der Waals surface area contributed by atoms with Crippen molar-refractivity contribution in [3.8, 4) is 11.1 Å². The lowest BCUT2D eigenvalue weighted by Gasteiger charge is -2.05. The average Bonchev–Trinajstić information content (AvgIpc) is 2.39. The minimum absolute atomic E-state index is 0.135. The Morgan fingerprint density at radius 3 is 1.88 bits per heavy atom. The molecule has 2 rings (SSSR count). The van der Waals surface area contributed by atoms with Crippen LogP contribution in [0.1, 0.15) is 5.56 Å². The van der Waals surface area contributed by atoms with Gasteiger partial charge >= 0.3 is 0 Å². The Morgan fingerprint density at radius 2 is 1.41 bits per heavy atom. The van der Waals surface area contributed by atoms with Crippen LogP contribution in [0.25, 0.3) is 11.1 Å². The second-order valence-electron chi connectivity index (χ2n) is 3.62. The van der Waals surface area contributed by atoms with Gasteiger partial charge in [-0.2, -0.15) is 0 Å². The van der Waals surface area contributed by atoms with E-state index in [1.165, 1.54) is 19.2 Å². The Labute approximate surface area is 99.2 Å². The number of halogens is 1. The zero-order chi connectivity index (χ0) is 12.3. The Hall–Kier alpha value is -2.16. The minimum atomic E-state index is -0.244. The average molecular weight is 229 g/mol. The van der Waals surface area contributed by atoms with E-state index in [4.69, 9.17) is 10.1 Å². The first-order valence-corrected chi connectivity index (χ1v) is 5.19. The number of hydrogen-bond donors (Lipinski definition) is 1. The summed E-state index contributed by atoms with van der Waals surface area (Å²) in [7, 11) is 1.47. The maximum absolute atomic E-state index is 12.8. The van der Waals surface area contributed by atoms with E-state index in [0.29, 0.717) is 0 Å². The van der Waals surface area contributed by atoms with Crippen LogP contribution in [0.2, 0.25) is 0 Å². The molecule has 0 saturated heterocycles. The zero-order valence-corrected chi connectivity index (χ0v) is 9.41. The van der Waals surface area contributed by atoms with Gasteiger partial charge in [-0.3, -0.25) is 5.41 Å². The SMILES string of the molecule is COC(=N)c1ccc(-c2ccc(F)cc2)cc1. The van der Waals surface area contributed by atoms with Crippen molar-refractivity contribution in [3.63, 3.8) is 0 Å². The second-order valence-corrected chi connectivity index (χ2v) is 3.62. The van der Waals surface area contributed by atoms with E-state index in [9.17, 15) is 4.39 Å². The van der Waals surface area contributed by atoms with Crippen LogP contribution in [0.5, 0.6) is 0 Å². The summed E-state index contributed by atoms with van der Waals surface area (Å²) in [5, 5.41) is 7.51. The molecule has 0 fully saturated rings. The van der Waals surface area contributed by atoms with Gasteiger partial charge in [0.2, 0.25) is 5.90 Å². The Bertz CT molecular complexity index is 517. The van der Waals surface area contributed by atoms with Crippen LogP contribution in [0.15, 0.2) is 48.5 Å². The van der Waals surface area contributed by atoms with Crippen molar-refractivity contribution in [1.29, 1.82) is 5.41 Å². The normalized spacial score (nSPS) is 10.0. The zero-order valence-electron chi connectivity index (χ0n) is 9.41. The molecule has 3 heteroatoms. The first kappa shape index (κ1) is 11.3. The predicted octanol–water partition coefficient (Wildman–Crippen LogP) is 3.46. The molecular weight excluding hydrogens is 217 g/mol. The van der Waals surface area contributed by atoms with Gasteiger partial charge < -0.3 is 4.74 Å². The maximum Gasteiger partial charge on any atom is 0.212 e. The Morgan fingerprint density at radius 1 is 0.941 bits per heavy atom. The number of rotatable bonds is 2. The molecule has 17 heavy (non-hydrogen) atoms. The van der Waals surface area contributed by atoms with Crippen LogP contribution < -0.4 is 0 Å². The molecule has 0 unspecified atom stereocenters. The lowest BCUT2D eigenvalue weighted by atomic mass is 10.0. The smallest absolute Gasteiger partial charge is 0.212 e. The summed E-state index contributed by atoms with van der Waals surface area (Å²) in [5.41, 5.74) is 2.65. The van der Waals surface area contributed by atoms with Gasteiger partial charge in [-0.25, -0.2) is 4.39 Å². The first-order valence-electron chi connectivity index (χ1n) is 5.19. The third kappa shape index (κ3) is 2.50. The van der Waals surface area contributed by atoms with Crippen molar-refractivity contribution >= 4 is 5.90 Å². The molecule has 0 aliphatic rings. The summed E-state index contributed by atoms with van der Waals surface area (Å²) >= 11 is 0. The molecule has 0 atom stereocenters. The number of benzene rings is 2. The van der Waals surface area contributed by atoms with Gasteiger partial charge in [0, 0.05) is 5.56 Å². The maximum atomic E-state index is 12.8. The molecule has 2 nitrogen and oxygen atoms in total. The molecule has 0 aromatic heterocycles. The van der Waals surface area contributed by atoms with Crippen molar-refractivity contribution in [2.75, 3.05) is 7.11 Å². The highest BCUT2D eigenvalue weighted by atomic mass is 19.1. The van der Waals surface area contributed by atoms with E-state index < -0.39 is 0 Å². The monoisotopic (exact) mass is 229 g/mol. The van der Waals surface area contributed by atoms with Crippen molar-refractivity contribution in [2.45, 2.75) is 0 Å². The number of methoxy groups -OCH3 is 1. The fraction of sp³-hybridized carbons (Fsp3) is 0.0714. The first-order chi connectivity index (χ1) is 8.20. The standard InChI is InChI=1S/C14H12FNO/c1-17-14(16)12-4-2-10(3-5-12)11-6-8-13(15)9-7-11/h2-9,16H,1H3. The second kappa shape index (κ2) is 4.78. The van der Waals surface area contributed by atoms with E-state index in [2.05, 4.69) is 0 Å². The number of nitrogens with one attached hydrogen (secondary N) is 1. The van der Waals surface area contributed by atoms with Crippen LogP contribution in [-0.4, -0.2) is 13.0 Å². The summed E-state index contributed by atoms with van der Waals surface area (Å²) in [6, 6.07) is 13.7. The van der Waals surface area contributed by atoms with E-state index in [1.54, 1.807) is 12.1 Å². The van der Waals surface area contributed by atoms with E-state index in [1.807, 2.05) is 24.3 Å². The summed E-state index contributed by atoms with van der Waals surface area (Å²) in [4.78, 5) is 0. The topological polar surface area (TPSA) is 33.1 Å². The Kier molecular flexibility index (Phi) is 3.19. The van der Waals surface area contributed by atoms with Crippen molar-refractivity contribution < 1.29 is 9.13 Å². The quantitative estimate of drug-likeness (QED) is 0.620. The highest BCUT2D eigenvalue weighted by molar-refractivity contribution is 5.92. The minimum Gasteiger partial charge on any atom is -0.481 e. The summed E-state index contributed by atoms with van der Waals surface area (Å²) in [6.07, 6.45) is 0. The van der Waals surface area contributed by atoms with Gasteiger partial charge in [-0.1, -0.05) is 24.3 Å². The molecule has 0 saturated carbocycles. The summed E-state index contributed by atoms with van der Waals surface area (Å²) in [5.74, 6) is -0.109. The third-order valence-electron chi connectivity index (χ3n) is 2.53. The molecule has 86 valence electrons. The summed E-state index contributed by atoms with van der Waals surface area (Å²) < 4.78 is 17.6. The van der Waals surface area contributed by atoms with Crippen LogP contribution in [0, 0.1) is 11.2 Å². The molecule has 0 radical (unpaired) electrons. The molecule has 1 N–H and O–H groups in total. The van der Waals surface area contributed by atoms with Gasteiger partial charge in [0.25, 0.3) is 0 Å². The van der Waals surface area contributed by atoms with Gasteiger partial charge in [0.05, 0.1) is 7.11 Å². The van der Waals surface area contributed by atoms with Crippen LogP contribution in [0.3, 0.4) is 0 Å². The van der Waals surface area contributed by atoms with Crippen LogP contribution in [-0.2, 0) is 4.74 Å². The molecule has 0 amide bonds. The van der Waals surface area contributed by atoms with Crippen molar-refractivity contribution in [3.05, 3.63) is 59.9 Å². The number of hydrogen-bond acceptors (Lipinski definition) is 2. The molecule has 0 aliphatic carbocycles. The van der Waals surface area contributed by atoms with Crippen molar-refractivity contribution in [2.24, 2.45) is 0 Å². The van der Waals surface area contributed by atoms with Crippen LogP contribution >= 0.6 is 0 Å². The van der Waals surface area contributed by atoms with E-state index in [-0.39, 0.29) is 11.7 Å². The van der Waals surface area contributed by atoms with E-state index >= 15 is 0 Å². The Balaban J connectivity index is 2.29. The third-order valence-corrected chi connectivity index (χ3v) is 2.53. The molecular formula is C14H12FNO. The van der Waals surface area contributed by atoms with Crippen molar-refractivity contribution in [1.82, 2.24) is 0 Å². The van der Waals surface area contributed by atoms with E-state index in [0.717, 1.165) is 16.7 Å². The summed E-state index contributed by atoms with van der Waals surface area (Å²) in [6.45, 7) is 0. The van der Waals surface area contributed by atoms with Gasteiger partial charge in [-0.15, -0.1) is 0 Å². The molecule has 2 aromatic carbocycles. The largest absolute Gasteiger partial charge is 0.481 e. The predicted molar refractivity (Wildman–Crippen MR) is 65.7 cm³/mol. The molecule has 0 bridgehead atoms.